The Labute approximate surface area is 132 Å². The predicted molar refractivity (Wildman–Crippen MR) is 82.3 cm³/mol. The first-order valence-electron chi connectivity index (χ1n) is 7.63. The van der Waals surface area contributed by atoms with E-state index in [1.165, 1.54) is 16.2 Å². The molecule has 1 saturated heterocycles. The fraction of sp³-hybridized carbons (Fsp3) is 0.600. The Bertz CT molecular complexity index is 589. The van der Waals surface area contributed by atoms with Crippen LogP contribution >= 0.6 is 11.3 Å². The molecule has 2 fully saturated rings. The number of amides is 3. The van der Waals surface area contributed by atoms with Gasteiger partial charge in [0.2, 0.25) is 17.7 Å². The van der Waals surface area contributed by atoms with Crippen LogP contribution in [0.25, 0.3) is 0 Å². The van der Waals surface area contributed by atoms with Crippen LogP contribution < -0.4 is 5.32 Å². The number of likely N-dealkylation sites (tertiary alicyclic amines) is 1. The van der Waals surface area contributed by atoms with Gasteiger partial charge in [-0.15, -0.1) is 11.3 Å². The Balaban J connectivity index is 1.55. The zero-order chi connectivity index (χ0) is 15.7. The van der Waals surface area contributed by atoms with Crippen LogP contribution in [0.4, 0.5) is 5.13 Å². The fourth-order valence-electron chi connectivity index (χ4n) is 3.26. The smallest absolute Gasteiger partial charge is 0.233 e. The molecule has 6 nitrogen and oxygen atoms in total. The summed E-state index contributed by atoms with van der Waals surface area (Å²) in [6, 6.07) is 0. The first-order valence-corrected chi connectivity index (χ1v) is 8.51. The highest BCUT2D eigenvalue weighted by Crippen LogP contribution is 2.37. The minimum Gasteiger partial charge on any atom is -0.302 e. The average molecular weight is 321 g/mol. The molecule has 0 radical (unpaired) electrons. The summed E-state index contributed by atoms with van der Waals surface area (Å²) in [5.74, 6) is -0.693. The Morgan fingerprint density at radius 1 is 1.32 bits per heavy atom. The summed E-state index contributed by atoms with van der Waals surface area (Å²) in [5, 5.41) is 5.10. The highest BCUT2D eigenvalue weighted by molar-refractivity contribution is 7.13. The van der Waals surface area contributed by atoms with Gasteiger partial charge >= 0.3 is 0 Å². The number of aryl methyl sites for hydroxylation is 1. The third-order valence-corrected chi connectivity index (χ3v) is 5.24. The molecule has 1 aliphatic heterocycles. The van der Waals surface area contributed by atoms with E-state index in [-0.39, 0.29) is 42.5 Å². The van der Waals surface area contributed by atoms with Gasteiger partial charge in [-0.3, -0.25) is 19.3 Å². The molecule has 22 heavy (non-hydrogen) atoms. The van der Waals surface area contributed by atoms with Crippen molar-refractivity contribution in [3.8, 4) is 0 Å². The number of nitrogens with zero attached hydrogens (tertiary/aromatic N) is 2. The van der Waals surface area contributed by atoms with Crippen molar-refractivity contribution in [2.75, 3.05) is 11.9 Å². The van der Waals surface area contributed by atoms with E-state index in [9.17, 15) is 14.4 Å². The predicted octanol–water partition coefficient (Wildman–Crippen LogP) is 1.96. The van der Waals surface area contributed by atoms with Crippen molar-refractivity contribution in [1.82, 2.24) is 9.88 Å². The quantitative estimate of drug-likeness (QED) is 0.860. The summed E-state index contributed by atoms with van der Waals surface area (Å²) in [5.41, 5.74) is 0.856. The second-order valence-corrected chi connectivity index (χ2v) is 6.78. The van der Waals surface area contributed by atoms with Crippen molar-refractivity contribution in [2.45, 2.75) is 39.0 Å². The zero-order valence-electron chi connectivity index (χ0n) is 12.5. The largest absolute Gasteiger partial charge is 0.302 e. The van der Waals surface area contributed by atoms with E-state index < -0.39 is 0 Å². The number of hydrogen-bond acceptors (Lipinski definition) is 5. The second-order valence-electron chi connectivity index (χ2n) is 5.92. The molecule has 0 bridgehead atoms. The molecule has 1 aromatic rings. The van der Waals surface area contributed by atoms with Crippen molar-refractivity contribution in [1.29, 1.82) is 0 Å². The van der Waals surface area contributed by atoms with E-state index >= 15 is 0 Å². The standard InChI is InChI=1S/C15H19N3O3S/c1-9-8-22-15(16-9)17-12(19)6-7-18-13(20)10-4-2-3-5-11(10)14(18)21/h8,10-11H,2-7H2,1H3,(H,16,17,19)/t10-,11+. The van der Waals surface area contributed by atoms with Crippen molar-refractivity contribution < 1.29 is 14.4 Å². The second kappa shape index (κ2) is 6.16. The minimum absolute atomic E-state index is 0.0902. The van der Waals surface area contributed by atoms with Crippen molar-refractivity contribution in [3.05, 3.63) is 11.1 Å². The van der Waals surface area contributed by atoms with Gasteiger partial charge in [-0.05, 0) is 19.8 Å². The van der Waals surface area contributed by atoms with E-state index in [0.717, 1.165) is 31.4 Å². The number of carbonyl (C=O) groups is 3. The van der Waals surface area contributed by atoms with Gasteiger partial charge < -0.3 is 5.32 Å². The SMILES string of the molecule is Cc1csc(NC(=O)CCN2C(=O)[C@H]3CCCC[C@H]3C2=O)n1. The maximum absolute atomic E-state index is 12.3. The number of nitrogens with one attached hydrogen (secondary N) is 1. The molecule has 2 heterocycles. The lowest BCUT2D eigenvalue weighted by Gasteiger charge is -2.19. The molecule has 3 rings (SSSR count). The molecule has 3 amide bonds. The number of aromatic nitrogens is 1. The van der Waals surface area contributed by atoms with Crippen LogP contribution in [0, 0.1) is 18.8 Å². The van der Waals surface area contributed by atoms with Crippen LogP contribution in [0.2, 0.25) is 0 Å². The van der Waals surface area contributed by atoms with E-state index in [2.05, 4.69) is 10.3 Å². The van der Waals surface area contributed by atoms with Crippen LogP contribution in [-0.2, 0) is 14.4 Å². The van der Waals surface area contributed by atoms with E-state index in [1.54, 1.807) is 0 Å². The summed E-state index contributed by atoms with van der Waals surface area (Å²) in [6.45, 7) is 2.02. The van der Waals surface area contributed by atoms with E-state index in [0.29, 0.717) is 5.13 Å². The Kier molecular flexibility index (Phi) is 4.24. The normalized spacial score (nSPS) is 24.5. The van der Waals surface area contributed by atoms with Gasteiger partial charge in [0.05, 0.1) is 17.5 Å². The topological polar surface area (TPSA) is 79.4 Å². The van der Waals surface area contributed by atoms with Crippen molar-refractivity contribution in [3.63, 3.8) is 0 Å². The van der Waals surface area contributed by atoms with Crippen LogP contribution in [0.3, 0.4) is 0 Å². The Morgan fingerprint density at radius 3 is 2.50 bits per heavy atom. The number of carbonyl (C=O) groups excluding carboxylic acids is 3. The highest BCUT2D eigenvalue weighted by atomic mass is 32.1. The maximum Gasteiger partial charge on any atom is 0.233 e. The van der Waals surface area contributed by atoms with Gasteiger partial charge in [0.1, 0.15) is 0 Å². The van der Waals surface area contributed by atoms with Gasteiger partial charge in [0.25, 0.3) is 0 Å². The first kappa shape index (κ1) is 15.1. The zero-order valence-corrected chi connectivity index (χ0v) is 13.3. The lowest BCUT2D eigenvalue weighted by molar-refractivity contribution is -0.140. The maximum atomic E-state index is 12.3. The Morgan fingerprint density at radius 2 is 1.95 bits per heavy atom. The third-order valence-electron chi connectivity index (χ3n) is 4.36. The van der Waals surface area contributed by atoms with Crippen LogP contribution in [0.15, 0.2) is 5.38 Å². The van der Waals surface area contributed by atoms with Gasteiger partial charge in [-0.1, -0.05) is 12.8 Å². The van der Waals surface area contributed by atoms with Crippen LogP contribution in [-0.4, -0.2) is 34.2 Å². The molecule has 0 spiro atoms. The van der Waals surface area contributed by atoms with Crippen LogP contribution in [0.1, 0.15) is 37.8 Å². The van der Waals surface area contributed by atoms with E-state index in [1.807, 2.05) is 12.3 Å². The average Bonchev–Trinajstić information content (AvgIpc) is 3.01. The molecular formula is C15H19N3O3S. The minimum atomic E-state index is -0.218. The summed E-state index contributed by atoms with van der Waals surface area (Å²) in [6.07, 6.45) is 3.75. The number of fused-ring (bicyclic) bond motifs is 1. The molecule has 0 unspecified atom stereocenters. The molecule has 118 valence electrons. The summed E-state index contributed by atoms with van der Waals surface area (Å²) in [7, 11) is 0. The summed E-state index contributed by atoms with van der Waals surface area (Å²) >= 11 is 1.36. The molecule has 2 atom stereocenters. The van der Waals surface area contributed by atoms with Gasteiger partial charge in [0.15, 0.2) is 5.13 Å². The Hall–Kier alpha value is -1.76. The van der Waals surface area contributed by atoms with Gasteiger partial charge in [-0.2, -0.15) is 0 Å². The fourth-order valence-corrected chi connectivity index (χ4v) is 3.96. The lowest BCUT2D eigenvalue weighted by atomic mass is 9.81. The number of imide groups is 1. The molecule has 2 aliphatic rings. The van der Waals surface area contributed by atoms with Crippen molar-refractivity contribution in [2.24, 2.45) is 11.8 Å². The lowest BCUT2D eigenvalue weighted by Crippen LogP contribution is -2.34. The third kappa shape index (κ3) is 2.90. The molecule has 1 saturated carbocycles. The molecule has 7 heteroatoms. The number of thiazole rings is 1. The first-order chi connectivity index (χ1) is 10.6. The molecule has 1 N–H and O–H groups in total. The van der Waals surface area contributed by atoms with Crippen LogP contribution in [0.5, 0.6) is 0 Å². The van der Waals surface area contributed by atoms with Crippen molar-refractivity contribution >= 4 is 34.2 Å². The molecule has 1 aromatic heterocycles. The van der Waals surface area contributed by atoms with E-state index in [4.69, 9.17) is 0 Å². The molecule has 0 aromatic carbocycles. The van der Waals surface area contributed by atoms with Gasteiger partial charge in [-0.25, -0.2) is 4.98 Å². The summed E-state index contributed by atoms with van der Waals surface area (Å²) in [4.78, 5) is 41.9. The number of anilines is 1. The number of rotatable bonds is 4. The monoisotopic (exact) mass is 321 g/mol. The van der Waals surface area contributed by atoms with Gasteiger partial charge in [0, 0.05) is 18.3 Å². The molecule has 1 aliphatic carbocycles. The summed E-state index contributed by atoms with van der Waals surface area (Å²) < 4.78 is 0. The highest BCUT2D eigenvalue weighted by Gasteiger charge is 2.47. The number of hydrogen-bond donors (Lipinski definition) is 1. The molecular weight excluding hydrogens is 302 g/mol.